The van der Waals surface area contributed by atoms with Gasteiger partial charge in [-0.3, -0.25) is 14.7 Å². The van der Waals surface area contributed by atoms with Crippen molar-refractivity contribution < 1.29 is 14.3 Å². The molecule has 3 aromatic rings. The largest absolute Gasteiger partial charge is 0.504 e. The third-order valence-electron chi connectivity index (χ3n) is 7.54. The van der Waals surface area contributed by atoms with Crippen molar-refractivity contribution in [1.29, 1.82) is 5.26 Å². The molecule has 5 rings (SSSR count). The van der Waals surface area contributed by atoms with Crippen molar-refractivity contribution >= 4 is 34.0 Å². The molecular weight excluding hydrogens is 491 g/mol. The molecule has 37 heavy (non-hydrogen) atoms. The summed E-state index contributed by atoms with van der Waals surface area (Å²) in [5, 5.41) is 23.1. The van der Waals surface area contributed by atoms with Gasteiger partial charge in [-0.2, -0.15) is 5.26 Å². The molecule has 2 saturated carbocycles. The third kappa shape index (κ3) is 5.56. The van der Waals surface area contributed by atoms with E-state index < -0.39 is 11.6 Å². The number of ketones is 1. The average molecular weight is 521 g/mol. The van der Waals surface area contributed by atoms with E-state index in [1.165, 1.54) is 12.1 Å². The number of hydrogen-bond acceptors (Lipinski definition) is 6. The van der Waals surface area contributed by atoms with Gasteiger partial charge in [0.05, 0.1) is 34.4 Å². The summed E-state index contributed by atoms with van der Waals surface area (Å²) in [5.74, 6) is -0.623. The number of pyridine rings is 1. The maximum absolute atomic E-state index is 14.2. The van der Waals surface area contributed by atoms with Crippen molar-refractivity contribution in [2.75, 3.05) is 25.5 Å². The molecular formula is C29H30ClFN4O2. The molecule has 2 N–H and O–H groups in total. The molecule has 0 radical (unpaired) electrons. The molecule has 1 aromatic heterocycles. The van der Waals surface area contributed by atoms with E-state index in [0.717, 1.165) is 67.2 Å². The van der Waals surface area contributed by atoms with Crippen molar-refractivity contribution in [3.63, 3.8) is 0 Å². The van der Waals surface area contributed by atoms with Crippen LogP contribution in [0.15, 0.2) is 36.5 Å². The first-order valence-electron chi connectivity index (χ1n) is 12.8. The van der Waals surface area contributed by atoms with Crippen LogP contribution in [0.1, 0.15) is 48.9 Å². The van der Waals surface area contributed by atoms with E-state index in [2.05, 4.69) is 21.3 Å². The van der Waals surface area contributed by atoms with Crippen molar-refractivity contribution in [3.05, 3.63) is 52.9 Å². The Morgan fingerprint density at radius 3 is 2.62 bits per heavy atom. The summed E-state index contributed by atoms with van der Waals surface area (Å²) < 4.78 is 14.2. The van der Waals surface area contributed by atoms with Crippen LogP contribution in [0.2, 0.25) is 5.02 Å². The lowest BCUT2D eigenvalue weighted by Crippen LogP contribution is -2.32. The van der Waals surface area contributed by atoms with Crippen LogP contribution in [-0.2, 0) is 0 Å². The van der Waals surface area contributed by atoms with Gasteiger partial charge in [0.25, 0.3) is 0 Å². The molecule has 0 bridgehead atoms. The number of nitriles is 1. The Balaban J connectivity index is 1.47. The van der Waals surface area contributed by atoms with Gasteiger partial charge < -0.3 is 10.4 Å². The molecule has 6 nitrogen and oxygen atoms in total. The Hall–Kier alpha value is -3.21. The van der Waals surface area contributed by atoms with Gasteiger partial charge in [0.2, 0.25) is 0 Å². The number of phenolic OH excluding ortho intramolecular Hbond substituents is 1. The molecule has 192 valence electrons. The summed E-state index contributed by atoms with van der Waals surface area (Å²) in [6.45, 7) is 1.35. The fraction of sp³-hybridized carbons (Fsp3) is 0.414. The van der Waals surface area contributed by atoms with Crippen LogP contribution in [0.4, 0.5) is 10.1 Å². The van der Waals surface area contributed by atoms with Gasteiger partial charge in [-0.05, 0) is 86.9 Å². The second-order valence-corrected chi connectivity index (χ2v) is 10.8. The van der Waals surface area contributed by atoms with Gasteiger partial charge in [-0.15, -0.1) is 0 Å². The number of nitrogens with one attached hydrogen (secondary N) is 1. The van der Waals surface area contributed by atoms with Gasteiger partial charge in [0, 0.05) is 30.1 Å². The molecule has 0 unspecified atom stereocenters. The van der Waals surface area contributed by atoms with E-state index in [1.807, 2.05) is 25.2 Å². The summed E-state index contributed by atoms with van der Waals surface area (Å²) in [7, 11) is 1.98. The van der Waals surface area contributed by atoms with Crippen LogP contribution in [0.5, 0.6) is 5.75 Å². The minimum Gasteiger partial charge on any atom is -0.504 e. The summed E-state index contributed by atoms with van der Waals surface area (Å²) in [4.78, 5) is 19.9. The first-order chi connectivity index (χ1) is 17.8. The lowest BCUT2D eigenvalue weighted by atomic mass is 9.85. The first kappa shape index (κ1) is 25.4. The normalized spacial score (nSPS) is 19.6. The predicted molar refractivity (Wildman–Crippen MR) is 143 cm³/mol. The van der Waals surface area contributed by atoms with E-state index in [9.17, 15) is 14.3 Å². The first-order valence-corrected chi connectivity index (χ1v) is 13.2. The average Bonchev–Trinajstić information content (AvgIpc) is 3.73. The minimum absolute atomic E-state index is 0.0543. The van der Waals surface area contributed by atoms with E-state index in [4.69, 9.17) is 16.9 Å². The van der Waals surface area contributed by atoms with E-state index in [-0.39, 0.29) is 22.8 Å². The smallest absolute Gasteiger partial charge is 0.170 e. The minimum atomic E-state index is -0.783. The number of halogens is 2. The van der Waals surface area contributed by atoms with Gasteiger partial charge in [-0.1, -0.05) is 17.7 Å². The van der Waals surface area contributed by atoms with Gasteiger partial charge >= 0.3 is 0 Å². The number of aromatic nitrogens is 1. The number of Topliss-reactive ketones (excluding diaryl/α,β-unsaturated/α-hetero) is 1. The number of anilines is 1. The second kappa shape index (κ2) is 10.6. The number of carbonyl (C=O) groups excluding carboxylic acids is 1. The molecule has 2 aliphatic carbocycles. The molecule has 0 spiro atoms. The Labute approximate surface area is 221 Å². The highest BCUT2D eigenvalue weighted by molar-refractivity contribution is 6.32. The zero-order chi connectivity index (χ0) is 26.1. The number of phenols is 1. The molecule has 0 aliphatic heterocycles. The van der Waals surface area contributed by atoms with E-state index in [1.54, 1.807) is 6.20 Å². The monoisotopic (exact) mass is 520 g/mol. The maximum atomic E-state index is 14.2. The summed E-state index contributed by atoms with van der Waals surface area (Å²) in [6.07, 6.45) is 7.56. The Kier molecular flexibility index (Phi) is 7.32. The lowest BCUT2D eigenvalue weighted by Gasteiger charge is -2.32. The van der Waals surface area contributed by atoms with Crippen LogP contribution < -0.4 is 5.32 Å². The summed E-state index contributed by atoms with van der Waals surface area (Å²) in [6, 6.07) is 10.8. The highest BCUT2D eigenvalue weighted by atomic mass is 35.5. The Morgan fingerprint density at radius 1 is 1.19 bits per heavy atom. The number of nitrogens with zero attached hydrogens (tertiary/aromatic N) is 3. The number of hydrogen-bond donors (Lipinski definition) is 2. The van der Waals surface area contributed by atoms with Crippen LogP contribution in [-0.4, -0.2) is 47.0 Å². The fourth-order valence-electron chi connectivity index (χ4n) is 5.33. The van der Waals surface area contributed by atoms with Crippen molar-refractivity contribution in [1.82, 2.24) is 9.88 Å². The van der Waals surface area contributed by atoms with Crippen LogP contribution >= 0.6 is 11.6 Å². The third-order valence-corrected chi connectivity index (χ3v) is 7.83. The van der Waals surface area contributed by atoms with Crippen molar-refractivity contribution in [2.24, 2.45) is 11.8 Å². The fourth-order valence-corrected chi connectivity index (χ4v) is 5.54. The predicted octanol–water partition coefficient (Wildman–Crippen LogP) is 6.42. The topological polar surface area (TPSA) is 89.3 Å². The van der Waals surface area contributed by atoms with Crippen LogP contribution in [0.25, 0.3) is 22.0 Å². The zero-order valence-electron chi connectivity index (χ0n) is 20.8. The van der Waals surface area contributed by atoms with Gasteiger partial charge in [0.15, 0.2) is 17.3 Å². The number of fused-ring (bicyclic) bond motifs is 1. The molecule has 2 aromatic carbocycles. The molecule has 2 aliphatic rings. The molecule has 0 saturated heterocycles. The van der Waals surface area contributed by atoms with Crippen molar-refractivity contribution in [3.8, 4) is 22.9 Å². The lowest BCUT2D eigenvalue weighted by molar-refractivity contribution is 0.0968. The molecule has 0 amide bonds. The quantitative estimate of drug-likeness (QED) is 0.263. The Bertz CT molecular complexity index is 1350. The molecule has 0 atom stereocenters. The maximum Gasteiger partial charge on any atom is 0.170 e. The number of carbonyl (C=O) groups is 1. The van der Waals surface area contributed by atoms with E-state index in [0.29, 0.717) is 23.6 Å². The molecule has 1 heterocycles. The zero-order valence-corrected chi connectivity index (χ0v) is 21.6. The standard InChI is InChI=1S/C29H30ClFN4O2/c1-35(11-10-32)16-17-2-7-21(8-3-17)34-27-22-12-19(20-13-24(30)29(37)25(31)14-20)6-9-26(22)33-15-23(27)28(36)18-4-5-18/h6,9,12-15,17-18,21,37H,2-5,7-8,11,16H2,1H3,(H,33,34)/t17-,21+. The molecule has 8 heteroatoms. The number of aromatic hydroxyl groups is 1. The Morgan fingerprint density at radius 2 is 1.95 bits per heavy atom. The highest BCUT2D eigenvalue weighted by Gasteiger charge is 2.33. The summed E-state index contributed by atoms with van der Waals surface area (Å²) >= 11 is 6.04. The number of benzene rings is 2. The van der Waals surface area contributed by atoms with Crippen LogP contribution in [0.3, 0.4) is 0 Å². The second-order valence-electron chi connectivity index (χ2n) is 10.4. The van der Waals surface area contributed by atoms with Crippen molar-refractivity contribution in [2.45, 2.75) is 44.6 Å². The summed E-state index contributed by atoms with van der Waals surface area (Å²) in [5.41, 5.74) is 3.40. The van der Waals surface area contributed by atoms with Gasteiger partial charge in [-0.25, -0.2) is 4.39 Å². The SMILES string of the molecule is CN(CC#N)C[C@H]1CC[C@@H](Nc2c(C(=O)C3CC3)cnc3ccc(-c4cc(F)c(O)c(Cl)c4)cc23)CC1. The number of rotatable bonds is 8. The van der Waals surface area contributed by atoms with E-state index >= 15 is 0 Å². The van der Waals surface area contributed by atoms with Crippen LogP contribution in [0, 0.1) is 29.0 Å². The van der Waals surface area contributed by atoms with Gasteiger partial charge in [0.1, 0.15) is 0 Å². The molecule has 2 fully saturated rings. The highest BCUT2D eigenvalue weighted by Crippen LogP contribution is 2.40.